The second-order valence-electron chi connectivity index (χ2n) is 4.61. The summed E-state index contributed by atoms with van der Waals surface area (Å²) in [4.78, 5) is 11.6. The van der Waals surface area contributed by atoms with Crippen LogP contribution in [0, 0.1) is 13.8 Å². The number of nitrogens with zero attached hydrogens (tertiary/aromatic N) is 4. The summed E-state index contributed by atoms with van der Waals surface area (Å²) in [5.74, 6) is -0.374. The third-order valence-electron chi connectivity index (χ3n) is 3.17. The summed E-state index contributed by atoms with van der Waals surface area (Å²) in [7, 11) is 0. The van der Waals surface area contributed by atoms with Crippen LogP contribution < -0.4 is 5.73 Å². The second kappa shape index (κ2) is 5.87. The highest BCUT2D eigenvalue weighted by Gasteiger charge is 2.19. The number of carbonyl (C=O) groups excluding carboxylic acids is 1. The third kappa shape index (κ3) is 2.72. The van der Waals surface area contributed by atoms with E-state index in [1.54, 1.807) is 24.3 Å². The molecule has 0 fully saturated rings. The van der Waals surface area contributed by atoms with Crippen molar-refractivity contribution in [2.45, 2.75) is 33.2 Å². The van der Waals surface area contributed by atoms with Crippen molar-refractivity contribution in [2.24, 2.45) is 5.73 Å². The molecule has 0 aliphatic carbocycles. The number of nitrogens with two attached hydrogens (primary N) is 1. The van der Waals surface area contributed by atoms with Crippen molar-refractivity contribution in [1.29, 1.82) is 0 Å². The Balaban J connectivity index is 2.22. The molecule has 2 heterocycles. The quantitative estimate of drug-likeness (QED) is 0.801. The van der Waals surface area contributed by atoms with Gasteiger partial charge in [0.25, 0.3) is 0 Å². The molecule has 2 rings (SSSR count). The van der Waals surface area contributed by atoms with Crippen molar-refractivity contribution in [3.63, 3.8) is 0 Å². The lowest BCUT2D eigenvalue weighted by atomic mass is 10.1. The number of aromatic nitrogens is 4. The van der Waals surface area contributed by atoms with Gasteiger partial charge >= 0.3 is 5.97 Å². The highest BCUT2D eigenvalue weighted by atomic mass is 16.5. The first-order chi connectivity index (χ1) is 9.54. The Morgan fingerprint density at radius 3 is 2.65 bits per heavy atom. The molecule has 7 heteroatoms. The average molecular weight is 277 g/mol. The average Bonchev–Trinajstić information content (AvgIpc) is 2.99. The number of esters is 1. The van der Waals surface area contributed by atoms with Gasteiger partial charge in [-0.1, -0.05) is 0 Å². The number of rotatable bonds is 5. The van der Waals surface area contributed by atoms with Crippen molar-refractivity contribution in [2.75, 3.05) is 6.61 Å². The molecule has 20 heavy (non-hydrogen) atoms. The molecule has 2 aromatic rings. The maximum atomic E-state index is 11.6. The van der Waals surface area contributed by atoms with E-state index in [1.807, 2.05) is 24.6 Å². The molecule has 0 saturated carbocycles. The van der Waals surface area contributed by atoms with Crippen LogP contribution in [0.15, 0.2) is 18.7 Å². The fraction of sp³-hybridized carbons (Fsp3) is 0.462. The fourth-order valence-corrected chi connectivity index (χ4v) is 2.25. The van der Waals surface area contributed by atoms with Crippen molar-refractivity contribution in [1.82, 2.24) is 19.5 Å². The summed E-state index contributed by atoms with van der Waals surface area (Å²) in [6.45, 7) is 6.06. The number of carbonyl (C=O) groups is 1. The summed E-state index contributed by atoms with van der Waals surface area (Å²) in [6, 6.07) is 1.36. The minimum Gasteiger partial charge on any atom is -0.465 e. The lowest BCUT2D eigenvalue weighted by Gasteiger charge is -2.12. The monoisotopic (exact) mass is 277 g/mol. The van der Waals surface area contributed by atoms with E-state index in [4.69, 9.17) is 10.5 Å². The van der Waals surface area contributed by atoms with Crippen LogP contribution in [0.4, 0.5) is 0 Å². The van der Waals surface area contributed by atoms with E-state index in [9.17, 15) is 4.79 Å². The molecule has 0 amide bonds. The van der Waals surface area contributed by atoms with E-state index in [0.29, 0.717) is 13.0 Å². The van der Waals surface area contributed by atoms with E-state index in [1.165, 1.54) is 0 Å². The molecule has 0 radical (unpaired) electrons. The maximum Gasteiger partial charge on any atom is 0.323 e. The standard InChI is InChI=1S/C13H19N5O2/c1-4-20-13(19)12(14)6-11-5-9(2)18(10(11)3)17-7-15-16-8-17/h5,7-8,12H,4,6,14H2,1-3H3. The van der Waals surface area contributed by atoms with Crippen LogP contribution >= 0.6 is 0 Å². The molecule has 0 aliphatic heterocycles. The molecule has 0 aliphatic rings. The summed E-state index contributed by atoms with van der Waals surface area (Å²) in [6.07, 6.45) is 3.69. The molecular weight excluding hydrogens is 258 g/mol. The molecule has 0 aromatic carbocycles. The molecule has 0 bridgehead atoms. The van der Waals surface area contributed by atoms with Gasteiger partial charge in [-0.2, -0.15) is 0 Å². The van der Waals surface area contributed by atoms with Crippen LogP contribution in [0.25, 0.3) is 0 Å². The predicted molar refractivity (Wildman–Crippen MR) is 73.0 cm³/mol. The lowest BCUT2D eigenvalue weighted by Crippen LogP contribution is -2.34. The van der Waals surface area contributed by atoms with Gasteiger partial charge in [0.1, 0.15) is 18.7 Å². The molecule has 2 aromatic heterocycles. The number of ether oxygens (including phenoxy) is 1. The number of hydrogen-bond acceptors (Lipinski definition) is 5. The lowest BCUT2D eigenvalue weighted by molar-refractivity contribution is -0.144. The van der Waals surface area contributed by atoms with Crippen LogP contribution in [0.1, 0.15) is 23.9 Å². The van der Waals surface area contributed by atoms with Gasteiger partial charge in [0.05, 0.1) is 6.61 Å². The SMILES string of the molecule is CCOC(=O)C(N)Cc1cc(C)n(-n2cnnc2)c1C. The molecule has 7 nitrogen and oxygen atoms in total. The highest BCUT2D eigenvalue weighted by molar-refractivity contribution is 5.75. The Morgan fingerprint density at radius 1 is 1.40 bits per heavy atom. The molecule has 1 unspecified atom stereocenters. The molecule has 1 atom stereocenters. The van der Waals surface area contributed by atoms with Crippen LogP contribution in [0.2, 0.25) is 0 Å². The van der Waals surface area contributed by atoms with Gasteiger partial charge in [-0.25, -0.2) is 4.68 Å². The molecule has 0 spiro atoms. The highest BCUT2D eigenvalue weighted by Crippen LogP contribution is 2.16. The molecule has 0 saturated heterocycles. The zero-order chi connectivity index (χ0) is 14.7. The first-order valence-corrected chi connectivity index (χ1v) is 6.50. The van der Waals surface area contributed by atoms with Crippen LogP contribution in [-0.4, -0.2) is 38.2 Å². The van der Waals surface area contributed by atoms with Crippen molar-refractivity contribution >= 4 is 5.97 Å². The molecular formula is C13H19N5O2. The van der Waals surface area contributed by atoms with Crippen molar-refractivity contribution in [3.8, 4) is 0 Å². The molecule has 108 valence electrons. The van der Waals surface area contributed by atoms with Gasteiger partial charge in [-0.05, 0) is 32.4 Å². The number of aryl methyl sites for hydroxylation is 1. The van der Waals surface area contributed by atoms with Gasteiger partial charge in [-0.3, -0.25) is 9.47 Å². The van der Waals surface area contributed by atoms with Gasteiger partial charge in [0, 0.05) is 17.8 Å². The van der Waals surface area contributed by atoms with Crippen molar-refractivity contribution < 1.29 is 9.53 Å². The minimum absolute atomic E-state index is 0.340. The Hall–Kier alpha value is -2.15. The minimum atomic E-state index is -0.648. The van der Waals surface area contributed by atoms with Crippen LogP contribution in [0.5, 0.6) is 0 Å². The van der Waals surface area contributed by atoms with Gasteiger partial charge in [0.15, 0.2) is 0 Å². The van der Waals surface area contributed by atoms with E-state index in [2.05, 4.69) is 10.2 Å². The van der Waals surface area contributed by atoms with E-state index in [0.717, 1.165) is 17.0 Å². The Morgan fingerprint density at radius 2 is 2.05 bits per heavy atom. The molecule has 2 N–H and O–H groups in total. The Kier molecular flexibility index (Phi) is 4.19. The first-order valence-electron chi connectivity index (χ1n) is 6.50. The second-order valence-corrected chi connectivity index (χ2v) is 4.61. The van der Waals surface area contributed by atoms with Crippen molar-refractivity contribution in [3.05, 3.63) is 35.7 Å². The van der Waals surface area contributed by atoms with E-state index < -0.39 is 6.04 Å². The smallest absolute Gasteiger partial charge is 0.323 e. The third-order valence-corrected chi connectivity index (χ3v) is 3.17. The van der Waals surface area contributed by atoms with Gasteiger partial charge in [-0.15, -0.1) is 10.2 Å². The predicted octanol–water partition coefficient (Wildman–Crippen LogP) is 0.441. The van der Waals surface area contributed by atoms with Crippen LogP contribution in [0.3, 0.4) is 0 Å². The number of hydrogen-bond donors (Lipinski definition) is 1. The normalized spacial score (nSPS) is 12.4. The van der Waals surface area contributed by atoms with Gasteiger partial charge < -0.3 is 10.5 Å². The zero-order valence-corrected chi connectivity index (χ0v) is 11.9. The topological polar surface area (TPSA) is 88.0 Å². The largest absolute Gasteiger partial charge is 0.465 e. The summed E-state index contributed by atoms with van der Waals surface area (Å²) < 4.78 is 8.68. The first kappa shape index (κ1) is 14.3. The zero-order valence-electron chi connectivity index (χ0n) is 11.9. The Bertz CT molecular complexity index is 588. The summed E-state index contributed by atoms with van der Waals surface area (Å²) in [5.41, 5.74) is 8.90. The van der Waals surface area contributed by atoms with Gasteiger partial charge in [0.2, 0.25) is 0 Å². The van der Waals surface area contributed by atoms with E-state index in [-0.39, 0.29) is 5.97 Å². The van der Waals surface area contributed by atoms with E-state index >= 15 is 0 Å². The summed E-state index contributed by atoms with van der Waals surface area (Å²) in [5, 5.41) is 7.59. The maximum absolute atomic E-state index is 11.6. The van der Waals surface area contributed by atoms with Crippen LogP contribution in [-0.2, 0) is 16.0 Å². The summed E-state index contributed by atoms with van der Waals surface area (Å²) >= 11 is 0. The Labute approximate surface area is 117 Å². The fourth-order valence-electron chi connectivity index (χ4n) is 2.25.